The van der Waals surface area contributed by atoms with E-state index in [9.17, 15) is 18.3 Å². The molecule has 2 rings (SSSR count). The summed E-state index contributed by atoms with van der Waals surface area (Å²) in [6, 6.07) is 13.9. The van der Waals surface area contributed by atoms with Crippen LogP contribution in [0.25, 0.3) is 6.08 Å². The third-order valence-corrected chi connectivity index (χ3v) is 4.64. The molecule has 0 saturated carbocycles. The second-order valence-electron chi connectivity index (χ2n) is 7.30. The predicted octanol–water partition coefficient (Wildman–Crippen LogP) is 3.98. The van der Waals surface area contributed by atoms with Gasteiger partial charge < -0.3 is 9.84 Å². The fourth-order valence-corrected chi connectivity index (χ4v) is 3.03. The molecule has 0 radical (unpaired) electrons. The number of benzene rings is 2. The molecule has 0 heterocycles. The van der Waals surface area contributed by atoms with Crippen LogP contribution < -0.4 is 5.32 Å². The van der Waals surface area contributed by atoms with Gasteiger partial charge in [0.2, 0.25) is 0 Å². The molecular weight excluding hydrogens is 378 g/mol. The van der Waals surface area contributed by atoms with E-state index in [-0.39, 0.29) is 12.2 Å². The summed E-state index contributed by atoms with van der Waals surface area (Å²) in [5.41, 5.74) is 1.09. The van der Waals surface area contributed by atoms with Gasteiger partial charge in [0, 0.05) is 11.8 Å². The highest BCUT2D eigenvalue weighted by Crippen LogP contribution is 2.25. The molecule has 0 aliphatic carbocycles. The molecule has 2 aromatic rings. The second-order valence-corrected chi connectivity index (χ2v) is 8.53. The third-order valence-electron chi connectivity index (χ3n) is 3.74. The first kappa shape index (κ1) is 21.5. The van der Waals surface area contributed by atoms with Crippen molar-refractivity contribution in [1.82, 2.24) is 0 Å². The lowest BCUT2D eigenvalue weighted by Crippen LogP contribution is -2.27. The smallest absolute Gasteiger partial charge is 0.412 e. The maximum atomic E-state index is 11.8. The highest BCUT2D eigenvalue weighted by atomic mass is 32.2. The Balaban J connectivity index is 2.09. The molecular formula is C21H25NO5S. The second kappa shape index (κ2) is 9.41. The van der Waals surface area contributed by atoms with Gasteiger partial charge in [-0.1, -0.05) is 48.6 Å². The van der Waals surface area contributed by atoms with E-state index in [0.29, 0.717) is 11.3 Å². The van der Waals surface area contributed by atoms with Crippen molar-refractivity contribution in [2.45, 2.75) is 38.0 Å². The molecule has 0 spiro atoms. The monoisotopic (exact) mass is 403 g/mol. The molecule has 150 valence electrons. The highest BCUT2D eigenvalue weighted by molar-refractivity contribution is 7.73. The first-order chi connectivity index (χ1) is 13.1. The Bertz CT molecular complexity index is 906. The average Bonchev–Trinajstić information content (AvgIpc) is 2.59. The summed E-state index contributed by atoms with van der Waals surface area (Å²) < 4.78 is 28.4. The van der Waals surface area contributed by atoms with E-state index in [1.54, 1.807) is 45.1 Å². The minimum atomic E-state index is -2.72. The number of carbonyl (C=O) groups excluding carboxylic acids is 1. The molecule has 0 saturated heterocycles. The van der Waals surface area contributed by atoms with Crippen molar-refractivity contribution in [3.8, 4) is 5.75 Å². The number of aromatic hydroxyl groups is 1. The van der Waals surface area contributed by atoms with Crippen LogP contribution in [0.1, 0.15) is 31.9 Å². The maximum absolute atomic E-state index is 11.8. The molecule has 1 atom stereocenters. The third kappa shape index (κ3) is 7.08. The lowest BCUT2D eigenvalue weighted by atomic mass is 10.1. The van der Waals surface area contributed by atoms with Crippen molar-refractivity contribution >= 4 is 28.6 Å². The topological polar surface area (TPSA) is 92.7 Å². The number of hydrogen-bond donors (Lipinski definition) is 3. The largest absolute Gasteiger partial charge is 0.508 e. The summed E-state index contributed by atoms with van der Waals surface area (Å²) in [5.74, 6) is -0.0940. The van der Waals surface area contributed by atoms with Gasteiger partial charge in [0.05, 0.1) is 5.25 Å². The van der Waals surface area contributed by atoms with Crippen LogP contribution in [0.15, 0.2) is 54.6 Å². The fraction of sp³-hybridized carbons (Fsp3) is 0.286. The number of nitrogens with one attached hydrogen (secondary N) is 1. The van der Waals surface area contributed by atoms with E-state index >= 15 is 0 Å². The Hall–Kier alpha value is -2.80. The Kier molecular flexibility index (Phi) is 7.23. The standard InChI is InChI=1S/C21H25NO5S/c1-21(2,3)27-20(24)22-17-11-10-16(19(23)14-17)13-18(28(25)26)12-9-15-7-5-4-6-8-15/h4-12,14,18,23,28H,13H2,1-3H3,(H,22,24). The van der Waals surface area contributed by atoms with Gasteiger partial charge in [-0.05, 0) is 44.4 Å². The SMILES string of the molecule is CC(C)(C)OC(=O)Nc1ccc(CC(C=Cc2ccccc2)[SH](=O)=O)c(O)c1. The number of phenols is 1. The van der Waals surface area contributed by atoms with Gasteiger partial charge in [0.25, 0.3) is 0 Å². The van der Waals surface area contributed by atoms with Crippen LogP contribution in [0.5, 0.6) is 5.75 Å². The Morgan fingerprint density at radius 2 is 1.86 bits per heavy atom. The molecule has 0 aliphatic heterocycles. The van der Waals surface area contributed by atoms with Crippen LogP contribution in [0.3, 0.4) is 0 Å². The number of amides is 1. The number of ether oxygens (including phenoxy) is 1. The molecule has 0 fully saturated rings. The van der Waals surface area contributed by atoms with Crippen molar-refractivity contribution in [1.29, 1.82) is 0 Å². The van der Waals surface area contributed by atoms with Crippen LogP contribution in [-0.4, -0.2) is 30.5 Å². The van der Waals surface area contributed by atoms with Crippen molar-refractivity contribution in [3.63, 3.8) is 0 Å². The lowest BCUT2D eigenvalue weighted by Gasteiger charge is -2.19. The summed E-state index contributed by atoms with van der Waals surface area (Å²) in [6.07, 6.45) is 2.84. The normalized spacial score (nSPS) is 12.9. The van der Waals surface area contributed by atoms with E-state index in [0.717, 1.165) is 5.56 Å². The molecule has 0 aliphatic rings. The van der Waals surface area contributed by atoms with Gasteiger partial charge in [0.1, 0.15) is 22.1 Å². The molecule has 0 bridgehead atoms. The van der Waals surface area contributed by atoms with Gasteiger partial charge in [-0.3, -0.25) is 5.32 Å². The zero-order chi connectivity index (χ0) is 20.7. The Morgan fingerprint density at radius 1 is 1.18 bits per heavy atom. The van der Waals surface area contributed by atoms with Gasteiger partial charge >= 0.3 is 6.09 Å². The van der Waals surface area contributed by atoms with E-state index in [1.807, 2.05) is 30.3 Å². The molecule has 1 unspecified atom stereocenters. The van der Waals surface area contributed by atoms with Crippen LogP contribution in [-0.2, 0) is 21.9 Å². The zero-order valence-corrected chi connectivity index (χ0v) is 17.0. The minimum Gasteiger partial charge on any atom is -0.508 e. The quantitative estimate of drug-likeness (QED) is 0.635. The number of thiol groups is 1. The molecule has 28 heavy (non-hydrogen) atoms. The van der Waals surface area contributed by atoms with Crippen LogP contribution in [0, 0.1) is 0 Å². The minimum absolute atomic E-state index is 0.0940. The Labute approximate surface area is 166 Å². The van der Waals surface area contributed by atoms with Crippen LogP contribution >= 0.6 is 0 Å². The number of hydrogen-bond acceptors (Lipinski definition) is 5. The number of carbonyl (C=O) groups is 1. The van der Waals surface area contributed by atoms with Gasteiger partial charge in [-0.2, -0.15) is 0 Å². The van der Waals surface area contributed by atoms with Gasteiger partial charge in [-0.15, -0.1) is 0 Å². The number of rotatable bonds is 6. The van der Waals surface area contributed by atoms with Crippen molar-refractivity contribution in [2.75, 3.05) is 5.32 Å². The summed E-state index contributed by atoms with van der Waals surface area (Å²) in [4.78, 5) is 11.8. The van der Waals surface area contributed by atoms with Crippen molar-refractivity contribution in [2.24, 2.45) is 0 Å². The van der Waals surface area contributed by atoms with Crippen LogP contribution in [0.4, 0.5) is 10.5 Å². The summed E-state index contributed by atoms with van der Waals surface area (Å²) in [7, 11) is -2.72. The summed E-state index contributed by atoms with van der Waals surface area (Å²) in [6.45, 7) is 5.25. The van der Waals surface area contributed by atoms with E-state index in [4.69, 9.17) is 4.74 Å². The van der Waals surface area contributed by atoms with E-state index in [2.05, 4.69) is 5.32 Å². The zero-order valence-electron chi connectivity index (χ0n) is 16.1. The average molecular weight is 404 g/mol. The van der Waals surface area contributed by atoms with Gasteiger partial charge in [-0.25, -0.2) is 13.2 Å². The molecule has 2 N–H and O–H groups in total. The highest BCUT2D eigenvalue weighted by Gasteiger charge is 2.17. The number of phenolic OH excluding ortho intramolecular Hbond substituents is 1. The molecule has 1 amide bonds. The van der Waals surface area contributed by atoms with E-state index < -0.39 is 27.6 Å². The van der Waals surface area contributed by atoms with Gasteiger partial charge in [0.15, 0.2) is 0 Å². The van der Waals surface area contributed by atoms with Crippen molar-refractivity contribution in [3.05, 3.63) is 65.7 Å². The lowest BCUT2D eigenvalue weighted by molar-refractivity contribution is 0.0636. The first-order valence-electron chi connectivity index (χ1n) is 8.83. The predicted molar refractivity (Wildman–Crippen MR) is 111 cm³/mol. The van der Waals surface area contributed by atoms with Crippen molar-refractivity contribution < 1.29 is 23.1 Å². The summed E-state index contributed by atoms with van der Waals surface area (Å²) in [5, 5.41) is 12.0. The first-order valence-corrected chi connectivity index (χ1v) is 10.1. The van der Waals surface area contributed by atoms with E-state index in [1.165, 1.54) is 6.07 Å². The maximum Gasteiger partial charge on any atom is 0.412 e. The molecule has 2 aromatic carbocycles. The fourth-order valence-electron chi connectivity index (χ4n) is 2.46. The summed E-state index contributed by atoms with van der Waals surface area (Å²) >= 11 is 0. The Morgan fingerprint density at radius 3 is 2.43 bits per heavy atom. The molecule has 7 heteroatoms. The molecule has 0 aromatic heterocycles. The van der Waals surface area contributed by atoms with Crippen LogP contribution in [0.2, 0.25) is 0 Å². The molecule has 6 nitrogen and oxygen atoms in total. The number of anilines is 1.